The summed E-state index contributed by atoms with van der Waals surface area (Å²) in [5.41, 5.74) is 2.70. The number of carbonyl (C=O) groups excluding carboxylic acids is 1. The normalized spacial score (nSPS) is 15.5. The lowest BCUT2D eigenvalue weighted by molar-refractivity contribution is 0.0711. The molecule has 4 rings (SSSR count). The van der Waals surface area contributed by atoms with Crippen LogP contribution in [0.2, 0.25) is 10.0 Å². The van der Waals surface area contributed by atoms with Crippen molar-refractivity contribution in [3.8, 4) is 11.5 Å². The van der Waals surface area contributed by atoms with E-state index in [9.17, 15) is 4.79 Å². The van der Waals surface area contributed by atoms with E-state index in [4.69, 9.17) is 37.8 Å². The summed E-state index contributed by atoms with van der Waals surface area (Å²) in [6.07, 6.45) is 0.475. The summed E-state index contributed by atoms with van der Waals surface area (Å²) in [5.74, 6) is 0.993. The van der Waals surface area contributed by atoms with E-state index < -0.39 is 0 Å². The highest BCUT2D eigenvalue weighted by atomic mass is 35.5. The molecular formula is C24H20Cl2N2O3. The van der Waals surface area contributed by atoms with Gasteiger partial charge >= 0.3 is 0 Å². The Morgan fingerprint density at radius 3 is 2.35 bits per heavy atom. The van der Waals surface area contributed by atoms with Crippen LogP contribution in [-0.2, 0) is 0 Å². The van der Waals surface area contributed by atoms with Gasteiger partial charge in [-0.3, -0.25) is 4.79 Å². The number of carbonyl (C=O) groups is 1. The molecule has 0 saturated carbocycles. The van der Waals surface area contributed by atoms with E-state index in [1.165, 1.54) is 5.01 Å². The van der Waals surface area contributed by atoms with Gasteiger partial charge in [-0.05, 0) is 35.9 Å². The van der Waals surface area contributed by atoms with Gasteiger partial charge in [0.25, 0.3) is 5.91 Å². The molecule has 3 aromatic rings. The zero-order valence-electron chi connectivity index (χ0n) is 17.0. The van der Waals surface area contributed by atoms with Crippen molar-refractivity contribution in [1.82, 2.24) is 5.01 Å². The van der Waals surface area contributed by atoms with Gasteiger partial charge in [0.2, 0.25) is 0 Å². The van der Waals surface area contributed by atoms with Crippen LogP contribution in [0.25, 0.3) is 0 Å². The first kappa shape index (κ1) is 21.2. The van der Waals surface area contributed by atoms with Gasteiger partial charge in [0, 0.05) is 23.1 Å². The fourth-order valence-electron chi connectivity index (χ4n) is 3.64. The molecule has 0 radical (unpaired) electrons. The maximum absolute atomic E-state index is 13.4. The minimum absolute atomic E-state index is 0.294. The van der Waals surface area contributed by atoms with Gasteiger partial charge in [-0.2, -0.15) is 5.10 Å². The molecule has 31 heavy (non-hydrogen) atoms. The Bertz CT molecular complexity index is 1160. The topological polar surface area (TPSA) is 51.1 Å². The van der Waals surface area contributed by atoms with Crippen molar-refractivity contribution in [2.75, 3.05) is 14.2 Å². The highest BCUT2D eigenvalue weighted by Gasteiger charge is 2.36. The Kier molecular flexibility index (Phi) is 6.16. The number of hydrogen-bond donors (Lipinski definition) is 0. The van der Waals surface area contributed by atoms with Gasteiger partial charge in [0.15, 0.2) is 0 Å². The molecule has 0 N–H and O–H groups in total. The van der Waals surface area contributed by atoms with Gasteiger partial charge < -0.3 is 9.47 Å². The lowest BCUT2D eigenvalue weighted by Crippen LogP contribution is -2.27. The van der Waals surface area contributed by atoms with E-state index in [1.807, 2.05) is 30.3 Å². The van der Waals surface area contributed by atoms with E-state index in [-0.39, 0.29) is 11.9 Å². The molecule has 0 spiro atoms. The van der Waals surface area contributed by atoms with Crippen LogP contribution in [-0.4, -0.2) is 30.8 Å². The summed E-state index contributed by atoms with van der Waals surface area (Å²) in [4.78, 5) is 13.4. The summed E-state index contributed by atoms with van der Waals surface area (Å²) in [5, 5.41) is 7.10. The quantitative estimate of drug-likeness (QED) is 0.474. The monoisotopic (exact) mass is 454 g/mol. The second-order valence-electron chi connectivity index (χ2n) is 6.98. The van der Waals surface area contributed by atoms with Crippen molar-refractivity contribution in [2.24, 2.45) is 5.10 Å². The number of ether oxygens (including phenoxy) is 2. The second kappa shape index (κ2) is 9.00. The van der Waals surface area contributed by atoms with E-state index in [2.05, 4.69) is 0 Å². The SMILES string of the molecule is COc1ccc(C2=NN(C(=O)c3ccccc3Cl)[C@@H](c3ccccc3Cl)C2)c(OC)c1. The third-order valence-electron chi connectivity index (χ3n) is 5.21. The van der Waals surface area contributed by atoms with Crippen molar-refractivity contribution >= 4 is 34.8 Å². The number of methoxy groups -OCH3 is 2. The lowest BCUT2D eigenvalue weighted by atomic mass is 9.97. The largest absolute Gasteiger partial charge is 0.497 e. The van der Waals surface area contributed by atoms with Crippen molar-refractivity contribution in [1.29, 1.82) is 0 Å². The molecule has 7 heteroatoms. The summed E-state index contributed by atoms with van der Waals surface area (Å²) in [6, 6.07) is 19.5. The number of benzene rings is 3. The average Bonchev–Trinajstić information content (AvgIpc) is 3.23. The fraction of sp³-hybridized carbons (Fsp3) is 0.167. The minimum Gasteiger partial charge on any atom is -0.497 e. The van der Waals surface area contributed by atoms with Crippen LogP contribution in [0.1, 0.15) is 33.9 Å². The van der Waals surface area contributed by atoms with E-state index in [0.29, 0.717) is 39.2 Å². The molecule has 5 nitrogen and oxygen atoms in total. The maximum atomic E-state index is 13.4. The predicted octanol–water partition coefficient (Wildman–Crippen LogP) is 6.00. The lowest BCUT2D eigenvalue weighted by Gasteiger charge is -2.23. The summed E-state index contributed by atoms with van der Waals surface area (Å²) in [7, 11) is 3.19. The van der Waals surface area contributed by atoms with Crippen LogP contribution in [0.5, 0.6) is 11.5 Å². The first-order valence-corrected chi connectivity index (χ1v) is 10.4. The summed E-state index contributed by atoms with van der Waals surface area (Å²) < 4.78 is 10.8. The molecule has 1 aliphatic rings. The highest BCUT2D eigenvalue weighted by molar-refractivity contribution is 6.34. The van der Waals surface area contributed by atoms with Crippen LogP contribution in [0, 0.1) is 0 Å². The van der Waals surface area contributed by atoms with E-state index in [0.717, 1.165) is 11.1 Å². The minimum atomic E-state index is -0.376. The molecule has 0 aliphatic carbocycles. The maximum Gasteiger partial charge on any atom is 0.276 e. The average molecular weight is 455 g/mol. The highest BCUT2D eigenvalue weighted by Crippen LogP contribution is 2.39. The van der Waals surface area contributed by atoms with Crippen LogP contribution >= 0.6 is 23.2 Å². The molecule has 0 saturated heterocycles. The van der Waals surface area contributed by atoms with Crippen molar-refractivity contribution in [3.05, 3.63) is 93.5 Å². The molecule has 0 unspecified atom stereocenters. The predicted molar refractivity (Wildman–Crippen MR) is 123 cm³/mol. The molecule has 1 atom stereocenters. The number of hydrazone groups is 1. The first-order valence-electron chi connectivity index (χ1n) is 9.66. The Hall–Kier alpha value is -3.02. The van der Waals surface area contributed by atoms with Crippen molar-refractivity contribution < 1.29 is 14.3 Å². The molecule has 3 aromatic carbocycles. The van der Waals surface area contributed by atoms with Crippen molar-refractivity contribution in [2.45, 2.75) is 12.5 Å². The molecule has 158 valence electrons. The van der Waals surface area contributed by atoms with Crippen LogP contribution in [0.3, 0.4) is 0 Å². The fourth-order valence-corrected chi connectivity index (χ4v) is 4.12. The Balaban J connectivity index is 1.80. The van der Waals surface area contributed by atoms with Crippen molar-refractivity contribution in [3.63, 3.8) is 0 Å². The number of halogens is 2. The summed E-state index contributed by atoms with van der Waals surface area (Å²) in [6.45, 7) is 0. The van der Waals surface area contributed by atoms with Gasteiger partial charge in [0.1, 0.15) is 11.5 Å². The molecule has 0 aromatic heterocycles. The number of hydrogen-bond acceptors (Lipinski definition) is 4. The van der Waals surface area contributed by atoms with Crippen LogP contribution in [0.4, 0.5) is 0 Å². The molecule has 0 fully saturated rings. The number of rotatable bonds is 5. The third kappa shape index (κ3) is 4.11. The standard InChI is InChI=1S/C24H20Cl2N2O3/c1-30-15-11-12-18(23(13-15)31-2)21-14-22(16-7-3-5-9-19(16)25)28(27-21)24(29)17-8-4-6-10-20(17)26/h3-13,22H,14H2,1-2H3/t22-/m1/s1. The third-order valence-corrected chi connectivity index (χ3v) is 5.88. The zero-order chi connectivity index (χ0) is 22.0. The molecule has 0 bridgehead atoms. The van der Waals surface area contributed by atoms with Gasteiger partial charge in [-0.1, -0.05) is 53.5 Å². The first-order chi connectivity index (χ1) is 15.0. The smallest absolute Gasteiger partial charge is 0.276 e. The zero-order valence-corrected chi connectivity index (χ0v) is 18.5. The second-order valence-corrected chi connectivity index (χ2v) is 7.80. The van der Waals surface area contributed by atoms with E-state index >= 15 is 0 Å². The molecular weight excluding hydrogens is 435 g/mol. The number of amides is 1. The summed E-state index contributed by atoms with van der Waals surface area (Å²) >= 11 is 12.8. The Labute approximate surface area is 190 Å². The molecule has 1 amide bonds. The Morgan fingerprint density at radius 2 is 1.68 bits per heavy atom. The van der Waals surface area contributed by atoms with E-state index in [1.54, 1.807) is 50.6 Å². The molecule has 1 aliphatic heterocycles. The van der Waals surface area contributed by atoms with Crippen LogP contribution < -0.4 is 9.47 Å². The Morgan fingerprint density at radius 1 is 0.968 bits per heavy atom. The van der Waals surface area contributed by atoms with Gasteiger partial charge in [-0.25, -0.2) is 5.01 Å². The van der Waals surface area contributed by atoms with Crippen LogP contribution in [0.15, 0.2) is 71.8 Å². The van der Waals surface area contributed by atoms with Gasteiger partial charge in [0.05, 0.1) is 36.6 Å². The number of nitrogens with zero attached hydrogens (tertiary/aromatic N) is 2. The molecule has 1 heterocycles. The van der Waals surface area contributed by atoms with Gasteiger partial charge in [-0.15, -0.1) is 0 Å².